The molecular formula is C33H32O2S. The Hall–Kier alpha value is -3.04. The van der Waals surface area contributed by atoms with Crippen molar-refractivity contribution in [3.8, 4) is 0 Å². The molecule has 0 spiro atoms. The first-order valence-corrected chi connectivity index (χ1v) is 13.9. The highest BCUT2D eigenvalue weighted by molar-refractivity contribution is 8.00. The number of allylic oxidation sites excluding steroid dienone is 12. The van der Waals surface area contributed by atoms with Crippen molar-refractivity contribution < 1.29 is 9.53 Å². The molecule has 0 amide bonds. The molecule has 5 atom stereocenters. The minimum absolute atomic E-state index is 0.0519. The summed E-state index contributed by atoms with van der Waals surface area (Å²) in [5.74, 6) is 1.75. The third-order valence-electron chi connectivity index (χ3n) is 7.79. The predicted molar refractivity (Wildman–Crippen MR) is 149 cm³/mol. The zero-order chi connectivity index (χ0) is 24.6. The highest BCUT2D eigenvalue weighted by atomic mass is 32.2. The van der Waals surface area contributed by atoms with Crippen molar-refractivity contribution in [1.29, 1.82) is 0 Å². The quantitative estimate of drug-likeness (QED) is 0.401. The van der Waals surface area contributed by atoms with Gasteiger partial charge in [-0.25, -0.2) is 0 Å². The van der Waals surface area contributed by atoms with Gasteiger partial charge in [0.1, 0.15) is 12.4 Å². The molecule has 0 saturated carbocycles. The molecule has 5 aliphatic rings. The standard InChI is InChI=1S/C33H32O2S/c1-3-9-26-31-27(23-12-4-5-14-25(17-23)32(26)34)19-29(35-20-22-11-8-10-21(2)16-22)33-28(31)18-24-13-6-7-15-30(24)36-33/h3-15,18-19,21,23,25-26,33H,16-17,20H2,1-2H3/b9-3-. The Morgan fingerprint density at radius 2 is 1.89 bits per heavy atom. The molecule has 1 aromatic carbocycles. The zero-order valence-corrected chi connectivity index (χ0v) is 21.7. The van der Waals surface area contributed by atoms with Gasteiger partial charge in [-0.3, -0.25) is 4.79 Å². The second-order valence-electron chi connectivity index (χ2n) is 10.4. The van der Waals surface area contributed by atoms with E-state index in [1.54, 1.807) is 0 Å². The number of thioether (sulfide) groups is 1. The molecule has 3 heteroatoms. The number of carbonyl (C=O) groups excluding carboxylic acids is 1. The van der Waals surface area contributed by atoms with Crippen LogP contribution in [0.2, 0.25) is 0 Å². The number of ether oxygens (including phenoxy) is 1. The van der Waals surface area contributed by atoms with Gasteiger partial charge in [-0.1, -0.05) is 79.8 Å². The molecule has 0 saturated heterocycles. The molecule has 2 nitrogen and oxygen atoms in total. The Bertz CT molecular complexity index is 1330. The second-order valence-corrected chi connectivity index (χ2v) is 11.5. The van der Waals surface area contributed by atoms with E-state index in [1.165, 1.54) is 32.8 Å². The molecule has 6 rings (SSSR count). The van der Waals surface area contributed by atoms with Gasteiger partial charge in [0.25, 0.3) is 0 Å². The van der Waals surface area contributed by atoms with Crippen LogP contribution in [0.25, 0.3) is 6.08 Å². The van der Waals surface area contributed by atoms with Crippen molar-refractivity contribution >= 4 is 23.6 Å². The van der Waals surface area contributed by atoms with Crippen molar-refractivity contribution in [2.75, 3.05) is 6.61 Å². The molecule has 0 aromatic heterocycles. The third kappa shape index (κ3) is 4.24. The number of ketones is 1. The Balaban J connectivity index is 1.49. The lowest BCUT2D eigenvalue weighted by molar-refractivity contribution is -0.123. The smallest absolute Gasteiger partial charge is 0.150 e. The topological polar surface area (TPSA) is 26.3 Å². The SMILES string of the molecule is C/C=C\C1C(=O)C2C=CC=CC(C2)C2=C1C1=Cc3ccccc3SC1C(OCC1=CC=CC(C)C1)=C2. The fourth-order valence-corrected chi connectivity index (χ4v) is 7.32. The summed E-state index contributed by atoms with van der Waals surface area (Å²) in [4.78, 5) is 15.1. The van der Waals surface area contributed by atoms with Crippen LogP contribution in [-0.4, -0.2) is 17.6 Å². The van der Waals surface area contributed by atoms with Crippen LogP contribution in [0.15, 0.2) is 118 Å². The maximum atomic E-state index is 13.9. The van der Waals surface area contributed by atoms with Crippen LogP contribution in [0.1, 0.15) is 32.3 Å². The molecule has 36 heavy (non-hydrogen) atoms. The van der Waals surface area contributed by atoms with Gasteiger partial charge in [0, 0.05) is 16.7 Å². The number of Topliss-reactive ketones (excluding diaryl/α,β-unsaturated/α-hetero) is 1. The Kier molecular flexibility index (Phi) is 6.35. The third-order valence-corrected chi connectivity index (χ3v) is 9.14. The van der Waals surface area contributed by atoms with Crippen molar-refractivity contribution in [3.63, 3.8) is 0 Å². The van der Waals surface area contributed by atoms with Gasteiger partial charge < -0.3 is 4.74 Å². The molecule has 5 unspecified atom stereocenters. The molecule has 4 aliphatic carbocycles. The Labute approximate surface area is 218 Å². The van der Waals surface area contributed by atoms with Gasteiger partial charge in [0.2, 0.25) is 0 Å². The van der Waals surface area contributed by atoms with Crippen LogP contribution in [0.3, 0.4) is 0 Å². The van der Waals surface area contributed by atoms with Gasteiger partial charge >= 0.3 is 0 Å². The second kappa shape index (κ2) is 9.78. The van der Waals surface area contributed by atoms with Crippen LogP contribution in [-0.2, 0) is 9.53 Å². The lowest BCUT2D eigenvalue weighted by Gasteiger charge is -2.36. The number of fused-ring (bicyclic) bond motifs is 6. The first-order valence-electron chi connectivity index (χ1n) is 13.1. The van der Waals surface area contributed by atoms with E-state index >= 15 is 0 Å². The van der Waals surface area contributed by atoms with Crippen molar-refractivity contribution in [1.82, 2.24) is 0 Å². The molecule has 2 bridgehead atoms. The highest BCUT2D eigenvalue weighted by Crippen LogP contribution is 2.52. The minimum atomic E-state index is -0.236. The van der Waals surface area contributed by atoms with Gasteiger partial charge in [-0.2, -0.15) is 0 Å². The van der Waals surface area contributed by atoms with Gasteiger partial charge in [-0.15, -0.1) is 11.8 Å². The minimum Gasteiger partial charge on any atom is -0.492 e. The lowest BCUT2D eigenvalue weighted by atomic mass is 9.77. The normalized spacial score (nSPS) is 30.6. The zero-order valence-electron chi connectivity index (χ0n) is 20.9. The number of hydrogen-bond donors (Lipinski definition) is 0. The summed E-state index contributed by atoms with van der Waals surface area (Å²) in [6, 6.07) is 8.57. The Morgan fingerprint density at radius 3 is 2.72 bits per heavy atom. The van der Waals surface area contributed by atoms with Crippen LogP contribution >= 0.6 is 11.8 Å². The molecule has 0 radical (unpaired) electrons. The Morgan fingerprint density at radius 1 is 1.06 bits per heavy atom. The van der Waals surface area contributed by atoms with Gasteiger partial charge in [-0.05, 0) is 71.8 Å². The highest BCUT2D eigenvalue weighted by Gasteiger charge is 2.43. The van der Waals surface area contributed by atoms with E-state index in [4.69, 9.17) is 4.74 Å². The summed E-state index contributed by atoms with van der Waals surface area (Å²) in [5, 5.41) is 0.0519. The predicted octanol–water partition coefficient (Wildman–Crippen LogP) is 7.80. The summed E-state index contributed by atoms with van der Waals surface area (Å²) in [7, 11) is 0. The average Bonchev–Trinajstić information content (AvgIpc) is 3.20. The molecule has 1 aromatic rings. The molecule has 0 N–H and O–H groups in total. The summed E-state index contributed by atoms with van der Waals surface area (Å²) < 4.78 is 6.66. The van der Waals surface area contributed by atoms with E-state index in [-0.39, 0.29) is 23.0 Å². The molecular weight excluding hydrogens is 460 g/mol. The summed E-state index contributed by atoms with van der Waals surface area (Å²) >= 11 is 1.85. The number of hydrogen-bond acceptors (Lipinski definition) is 3. The van der Waals surface area contributed by atoms with E-state index in [0.29, 0.717) is 18.3 Å². The number of rotatable bonds is 4. The number of carbonyl (C=O) groups is 1. The fourth-order valence-electron chi connectivity index (χ4n) is 6.07. The van der Waals surface area contributed by atoms with E-state index in [1.807, 2.05) is 30.8 Å². The lowest BCUT2D eigenvalue weighted by Crippen LogP contribution is -2.28. The molecule has 182 valence electrons. The van der Waals surface area contributed by atoms with E-state index in [2.05, 4.69) is 85.9 Å². The van der Waals surface area contributed by atoms with Crippen molar-refractivity contribution in [2.24, 2.45) is 23.7 Å². The maximum absolute atomic E-state index is 13.9. The van der Waals surface area contributed by atoms with Gasteiger partial charge in [0.15, 0.2) is 5.78 Å². The van der Waals surface area contributed by atoms with Crippen LogP contribution < -0.4 is 0 Å². The van der Waals surface area contributed by atoms with E-state index in [9.17, 15) is 4.79 Å². The number of benzene rings is 1. The first kappa shape index (κ1) is 23.4. The molecule has 1 heterocycles. The maximum Gasteiger partial charge on any atom is 0.150 e. The van der Waals surface area contributed by atoms with E-state index in [0.717, 1.165) is 18.6 Å². The molecule has 1 aliphatic heterocycles. The van der Waals surface area contributed by atoms with Crippen LogP contribution in [0.4, 0.5) is 0 Å². The van der Waals surface area contributed by atoms with E-state index < -0.39 is 0 Å². The van der Waals surface area contributed by atoms with Crippen molar-refractivity contribution in [3.05, 3.63) is 119 Å². The summed E-state index contributed by atoms with van der Waals surface area (Å²) in [5.41, 5.74) is 6.23. The van der Waals surface area contributed by atoms with Crippen LogP contribution in [0.5, 0.6) is 0 Å². The largest absolute Gasteiger partial charge is 0.492 e. The molecule has 0 fully saturated rings. The van der Waals surface area contributed by atoms with Crippen LogP contribution in [0, 0.1) is 23.7 Å². The van der Waals surface area contributed by atoms with Gasteiger partial charge in [0.05, 0.1) is 11.2 Å². The fraction of sp³-hybridized carbons (Fsp3) is 0.303. The first-order chi connectivity index (χ1) is 17.6. The summed E-state index contributed by atoms with van der Waals surface area (Å²) in [6.45, 7) is 4.88. The monoisotopic (exact) mass is 492 g/mol. The average molecular weight is 493 g/mol. The summed E-state index contributed by atoms with van der Waals surface area (Å²) in [6.07, 6.45) is 25.7. The van der Waals surface area contributed by atoms with Crippen molar-refractivity contribution in [2.45, 2.75) is 36.8 Å².